The van der Waals surface area contributed by atoms with Crippen molar-refractivity contribution in [2.75, 3.05) is 17.2 Å². The van der Waals surface area contributed by atoms with Gasteiger partial charge in [0.05, 0.1) is 17.6 Å². The molecule has 0 N–H and O–H groups in total. The summed E-state index contributed by atoms with van der Waals surface area (Å²) in [5.74, 6) is -0.857. The van der Waals surface area contributed by atoms with Gasteiger partial charge in [-0.25, -0.2) is 8.42 Å². The van der Waals surface area contributed by atoms with E-state index in [1.54, 1.807) is 0 Å². The van der Waals surface area contributed by atoms with Crippen molar-refractivity contribution in [1.82, 2.24) is 4.98 Å². The van der Waals surface area contributed by atoms with E-state index >= 15 is 0 Å². The Morgan fingerprint density at radius 3 is 2.89 bits per heavy atom. The molecule has 1 fully saturated rings. The molecule has 0 aromatic carbocycles. The summed E-state index contributed by atoms with van der Waals surface area (Å²) >= 11 is 0. The van der Waals surface area contributed by atoms with Gasteiger partial charge in [0.2, 0.25) is 15.0 Å². The molecule has 19 heavy (non-hydrogen) atoms. The molecule has 1 aromatic rings. The lowest BCUT2D eigenvalue weighted by Gasteiger charge is -2.17. The number of halogens is 1. The normalized spacial score (nSPS) is 19.7. The third-order valence-corrected chi connectivity index (χ3v) is 4.14. The summed E-state index contributed by atoms with van der Waals surface area (Å²) in [6.45, 7) is 0.220. The Morgan fingerprint density at radius 1 is 1.53 bits per heavy atom. The van der Waals surface area contributed by atoms with E-state index in [0.717, 1.165) is 0 Å². The van der Waals surface area contributed by atoms with Gasteiger partial charge in [0.25, 0.3) is 0 Å². The van der Waals surface area contributed by atoms with E-state index in [0.29, 0.717) is 17.5 Å². The van der Waals surface area contributed by atoms with Crippen LogP contribution in [-0.4, -0.2) is 37.9 Å². The molecule has 1 aliphatic rings. The summed E-state index contributed by atoms with van der Waals surface area (Å²) in [5.41, 5.74) is 0.745. The van der Waals surface area contributed by atoms with E-state index < -0.39 is 9.05 Å². The van der Waals surface area contributed by atoms with E-state index in [4.69, 9.17) is 10.7 Å². The Morgan fingerprint density at radius 2 is 2.26 bits per heavy atom. The quantitative estimate of drug-likeness (QED) is 0.607. The largest absolute Gasteiger partial charge is 0.310 e. The Kier molecular flexibility index (Phi) is 3.86. The molecule has 0 aliphatic carbocycles. The molecular formula is C11H11ClN2O4S. The van der Waals surface area contributed by atoms with Crippen molar-refractivity contribution in [2.24, 2.45) is 5.92 Å². The highest BCUT2D eigenvalue weighted by Gasteiger charge is 2.34. The number of carbonyl (C=O) groups excluding carboxylic acids is 2. The summed E-state index contributed by atoms with van der Waals surface area (Å²) < 4.78 is 22.1. The molecule has 2 rings (SSSR count). The van der Waals surface area contributed by atoms with Crippen molar-refractivity contribution < 1.29 is 18.0 Å². The van der Waals surface area contributed by atoms with Crippen LogP contribution < -0.4 is 4.90 Å². The van der Waals surface area contributed by atoms with E-state index in [-0.39, 0.29) is 30.5 Å². The van der Waals surface area contributed by atoms with Crippen molar-refractivity contribution in [3.05, 3.63) is 24.0 Å². The third kappa shape index (κ3) is 3.30. The molecule has 0 spiro atoms. The zero-order valence-electron chi connectivity index (χ0n) is 9.82. The van der Waals surface area contributed by atoms with E-state index in [2.05, 4.69) is 4.98 Å². The zero-order valence-corrected chi connectivity index (χ0v) is 11.4. The third-order valence-electron chi connectivity index (χ3n) is 2.89. The number of amides is 1. The number of aldehydes is 1. The second kappa shape index (κ2) is 5.26. The topological polar surface area (TPSA) is 84.4 Å². The van der Waals surface area contributed by atoms with Crippen molar-refractivity contribution in [2.45, 2.75) is 6.42 Å². The fourth-order valence-corrected chi connectivity index (χ4v) is 3.45. The smallest absolute Gasteiger partial charge is 0.232 e. The molecule has 2 heterocycles. The van der Waals surface area contributed by atoms with Crippen LogP contribution in [0.4, 0.5) is 5.69 Å². The lowest BCUT2D eigenvalue weighted by Crippen LogP contribution is -2.26. The summed E-state index contributed by atoms with van der Waals surface area (Å²) in [5, 5.41) is 0. The van der Waals surface area contributed by atoms with Crippen molar-refractivity contribution >= 4 is 37.6 Å². The lowest BCUT2D eigenvalue weighted by molar-refractivity contribution is -0.117. The predicted molar refractivity (Wildman–Crippen MR) is 69.7 cm³/mol. The van der Waals surface area contributed by atoms with Crippen LogP contribution >= 0.6 is 10.7 Å². The first kappa shape index (κ1) is 14.0. The first-order valence-corrected chi connectivity index (χ1v) is 8.00. The predicted octanol–water partition coefficient (Wildman–Crippen LogP) is 0.816. The Bertz CT molecular complexity index is 617. The molecular weight excluding hydrogens is 292 g/mol. The number of hydrogen-bond acceptors (Lipinski definition) is 5. The highest BCUT2D eigenvalue weighted by Crippen LogP contribution is 2.27. The Balaban J connectivity index is 2.23. The van der Waals surface area contributed by atoms with Gasteiger partial charge in [-0.2, -0.15) is 0 Å². The summed E-state index contributed by atoms with van der Waals surface area (Å²) in [7, 11) is 1.54. The molecule has 1 unspecified atom stereocenters. The molecule has 1 amide bonds. The second-order valence-electron chi connectivity index (χ2n) is 4.33. The maximum Gasteiger partial charge on any atom is 0.232 e. The first-order chi connectivity index (χ1) is 8.90. The fraction of sp³-hybridized carbons (Fsp3) is 0.364. The average molecular weight is 303 g/mol. The highest BCUT2D eigenvalue weighted by atomic mass is 35.7. The standard InChI is InChI=1S/C11H11ClN2O4S/c12-19(17,18)7-8-3-11(16)14(5-8)10-4-13-2-1-9(10)6-15/h1-2,4,6,8H,3,5,7H2. The fourth-order valence-electron chi connectivity index (χ4n) is 2.13. The van der Waals surface area contributed by atoms with Gasteiger partial charge in [-0.05, 0) is 6.07 Å². The number of aromatic nitrogens is 1. The molecule has 1 aromatic heterocycles. The second-order valence-corrected chi connectivity index (χ2v) is 7.15. The highest BCUT2D eigenvalue weighted by molar-refractivity contribution is 8.13. The van der Waals surface area contributed by atoms with Crippen LogP contribution in [0.15, 0.2) is 18.5 Å². The van der Waals surface area contributed by atoms with Crippen LogP contribution in [0.3, 0.4) is 0 Å². The Labute approximate surface area is 114 Å². The number of rotatable bonds is 4. The van der Waals surface area contributed by atoms with Crippen LogP contribution in [-0.2, 0) is 13.8 Å². The molecule has 0 bridgehead atoms. The molecule has 0 saturated carbocycles. The number of nitrogens with zero attached hydrogens (tertiary/aromatic N) is 2. The van der Waals surface area contributed by atoms with Crippen LogP contribution in [0.25, 0.3) is 0 Å². The zero-order chi connectivity index (χ0) is 14.0. The molecule has 102 valence electrons. The van der Waals surface area contributed by atoms with Crippen LogP contribution in [0.5, 0.6) is 0 Å². The van der Waals surface area contributed by atoms with Crippen LogP contribution in [0.1, 0.15) is 16.8 Å². The Hall–Kier alpha value is -1.47. The minimum Gasteiger partial charge on any atom is -0.310 e. The minimum absolute atomic E-state index is 0.0964. The molecule has 1 saturated heterocycles. The number of anilines is 1. The van der Waals surface area contributed by atoms with Crippen LogP contribution in [0, 0.1) is 5.92 Å². The van der Waals surface area contributed by atoms with Crippen LogP contribution in [0.2, 0.25) is 0 Å². The first-order valence-electron chi connectivity index (χ1n) is 5.52. The van der Waals surface area contributed by atoms with Gasteiger partial charge in [0, 0.05) is 41.3 Å². The maximum absolute atomic E-state index is 11.9. The SMILES string of the molecule is O=Cc1ccncc1N1CC(CS(=O)(=O)Cl)CC1=O. The van der Waals surface area contributed by atoms with Crippen molar-refractivity contribution in [3.63, 3.8) is 0 Å². The van der Waals surface area contributed by atoms with E-state index in [9.17, 15) is 18.0 Å². The van der Waals surface area contributed by atoms with Gasteiger partial charge in [-0.1, -0.05) is 0 Å². The molecule has 8 heteroatoms. The van der Waals surface area contributed by atoms with Gasteiger partial charge in [0.1, 0.15) is 0 Å². The molecule has 6 nitrogen and oxygen atoms in total. The van der Waals surface area contributed by atoms with Gasteiger partial charge in [0.15, 0.2) is 6.29 Å². The van der Waals surface area contributed by atoms with E-state index in [1.165, 1.54) is 23.4 Å². The molecule has 1 atom stereocenters. The average Bonchev–Trinajstić information content (AvgIpc) is 2.67. The molecule has 1 aliphatic heterocycles. The number of pyridine rings is 1. The van der Waals surface area contributed by atoms with E-state index in [1.807, 2.05) is 0 Å². The van der Waals surface area contributed by atoms with Gasteiger partial charge < -0.3 is 4.90 Å². The minimum atomic E-state index is -3.64. The summed E-state index contributed by atoms with van der Waals surface area (Å²) in [6.07, 6.45) is 3.60. The van der Waals surface area contributed by atoms with Crippen molar-refractivity contribution in [3.8, 4) is 0 Å². The molecule has 0 radical (unpaired) electrons. The number of carbonyl (C=O) groups is 2. The summed E-state index contributed by atoms with van der Waals surface area (Å²) in [6, 6.07) is 1.50. The van der Waals surface area contributed by atoms with Gasteiger partial charge >= 0.3 is 0 Å². The van der Waals surface area contributed by atoms with Gasteiger partial charge in [-0.15, -0.1) is 0 Å². The van der Waals surface area contributed by atoms with Gasteiger partial charge in [-0.3, -0.25) is 14.6 Å². The lowest BCUT2D eigenvalue weighted by atomic mass is 10.1. The maximum atomic E-state index is 11.9. The van der Waals surface area contributed by atoms with Crippen molar-refractivity contribution in [1.29, 1.82) is 0 Å². The summed E-state index contributed by atoms with van der Waals surface area (Å²) in [4.78, 5) is 28.1. The number of hydrogen-bond donors (Lipinski definition) is 0. The monoisotopic (exact) mass is 302 g/mol.